The highest BCUT2D eigenvalue weighted by molar-refractivity contribution is 5.79. The average Bonchev–Trinajstić information content (AvgIpc) is 3.18. The monoisotopic (exact) mass is 360 g/mol. The lowest BCUT2D eigenvalue weighted by atomic mass is 9.97. The van der Waals surface area contributed by atoms with Gasteiger partial charge in [0, 0.05) is 32.3 Å². The highest BCUT2D eigenvalue weighted by Gasteiger charge is 2.28. The third-order valence-electron chi connectivity index (χ3n) is 4.43. The second-order valence-electron chi connectivity index (χ2n) is 6.20. The van der Waals surface area contributed by atoms with Gasteiger partial charge < -0.3 is 24.2 Å². The molecule has 26 heavy (non-hydrogen) atoms. The maximum Gasteiger partial charge on any atom is 0.324 e. The summed E-state index contributed by atoms with van der Waals surface area (Å²) in [4.78, 5) is 18.7. The Labute approximate surface area is 152 Å². The third-order valence-corrected chi connectivity index (χ3v) is 4.43. The van der Waals surface area contributed by atoms with Gasteiger partial charge in [-0.2, -0.15) is 4.98 Å². The minimum atomic E-state index is -0.0862. The highest BCUT2D eigenvalue weighted by atomic mass is 16.5. The van der Waals surface area contributed by atoms with Crippen LogP contribution in [0.4, 0.5) is 6.01 Å². The Morgan fingerprint density at radius 1 is 1.35 bits per heavy atom. The molecule has 1 N–H and O–H groups in total. The van der Waals surface area contributed by atoms with Crippen molar-refractivity contribution in [3.8, 4) is 17.1 Å². The van der Waals surface area contributed by atoms with Gasteiger partial charge in [-0.15, -0.1) is 0 Å². The summed E-state index contributed by atoms with van der Waals surface area (Å²) in [7, 11) is 3.24. The largest absolute Gasteiger partial charge is 0.497 e. The molecular formula is C18H24N4O4. The van der Waals surface area contributed by atoms with Crippen LogP contribution in [0.5, 0.6) is 5.75 Å². The minimum Gasteiger partial charge on any atom is -0.497 e. The molecule has 0 radical (unpaired) electrons. The number of rotatable bonds is 7. The van der Waals surface area contributed by atoms with E-state index in [0.717, 1.165) is 30.7 Å². The van der Waals surface area contributed by atoms with E-state index in [1.807, 2.05) is 29.2 Å². The standard InChI is InChI=1S/C18H24N4O4/c1-24-11-9-19-17(23)14-4-3-10-22(12-14)18-20-16(21-26-18)13-5-7-15(25-2)8-6-13/h5-8,14H,3-4,9-12H2,1-2H3,(H,19,23). The fraction of sp³-hybridized carbons (Fsp3) is 0.500. The number of carbonyl (C=O) groups is 1. The number of benzene rings is 1. The zero-order valence-corrected chi connectivity index (χ0v) is 15.1. The molecule has 1 saturated heterocycles. The average molecular weight is 360 g/mol. The van der Waals surface area contributed by atoms with E-state index < -0.39 is 0 Å². The second kappa shape index (κ2) is 8.66. The van der Waals surface area contributed by atoms with Gasteiger partial charge in [0.15, 0.2) is 0 Å². The summed E-state index contributed by atoms with van der Waals surface area (Å²) >= 11 is 0. The lowest BCUT2D eigenvalue weighted by molar-refractivity contribution is -0.125. The van der Waals surface area contributed by atoms with Gasteiger partial charge in [0.25, 0.3) is 0 Å². The normalized spacial score (nSPS) is 17.2. The topological polar surface area (TPSA) is 89.7 Å². The molecule has 2 heterocycles. The molecule has 1 aromatic heterocycles. The molecule has 140 valence electrons. The molecule has 1 amide bonds. The van der Waals surface area contributed by atoms with Crippen LogP contribution in [-0.2, 0) is 9.53 Å². The molecular weight excluding hydrogens is 336 g/mol. The zero-order valence-electron chi connectivity index (χ0n) is 15.1. The van der Waals surface area contributed by atoms with E-state index in [0.29, 0.717) is 31.5 Å². The molecule has 1 aliphatic rings. The predicted octanol–water partition coefficient (Wildman–Crippen LogP) is 1.72. The Hall–Kier alpha value is -2.61. The molecule has 1 atom stereocenters. The van der Waals surface area contributed by atoms with Gasteiger partial charge in [-0.25, -0.2) is 0 Å². The van der Waals surface area contributed by atoms with E-state index in [2.05, 4.69) is 15.5 Å². The lowest BCUT2D eigenvalue weighted by Gasteiger charge is -2.30. The summed E-state index contributed by atoms with van der Waals surface area (Å²) in [5.74, 6) is 1.25. The Bertz CT molecular complexity index is 716. The predicted molar refractivity (Wildman–Crippen MR) is 96.1 cm³/mol. The molecule has 1 fully saturated rings. The minimum absolute atomic E-state index is 0.0432. The second-order valence-corrected chi connectivity index (χ2v) is 6.20. The number of hydrogen-bond acceptors (Lipinski definition) is 7. The van der Waals surface area contributed by atoms with Gasteiger partial charge in [-0.05, 0) is 37.1 Å². The van der Waals surface area contributed by atoms with Crippen molar-refractivity contribution in [3.05, 3.63) is 24.3 Å². The Morgan fingerprint density at radius 3 is 2.88 bits per heavy atom. The number of nitrogens with one attached hydrogen (secondary N) is 1. The number of carbonyl (C=O) groups excluding carboxylic acids is 1. The fourth-order valence-electron chi connectivity index (χ4n) is 2.99. The van der Waals surface area contributed by atoms with Gasteiger partial charge in [0.1, 0.15) is 5.75 Å². The van der Waals surface area contributed by atoms with Crippen LogP contribution in [0.1, 0.15) is 12.8 Å². The van der Waals surface area contributed by atoms with Crippen LogP contribution in [0.2, 0.25) is 0 Å². The summed E-state index contributed by atoms with van der Waals surface area (Å²) in [5.41, 5.74) is 0.853. The molecule has 8 nitrogen and oxygen atoms in total. The molecule has 1 aromatic carbocycles. The smallest absolute Gasteiger partial charge is 0.324 e. The molecule has 2 aromatic rings. The molecule has 0 saturated carbocycles. The van der Waals surface area contributed by atoms with Crippen LogP contribution < -0.4 is 15.0 Å². The first kappa shape index (κ1) is 18.2. The summed E-state index contributed by atoms with van der Waals surface area (Å²) in [5, 5.41) is 6.96. The number of aromatic nitrogens is 2. The van der Waals surface area contributed by atoms with Crippen molar-refractivity contribution in [3.63, 3.8) is 0 Å². The van der Waals surface area contributed by atoms with Crippen molar-refractivity contribution in [2.75, 3.05) is 45.4 Å². The van der Waals surface area contributed by atoms with Crippen molar-refractivity contribution in [2.24, 2.45) is 5.92 Å². The molecule has 0 aliphatic carbocycles. The number of methoxy groups -OCH3 is 2. The molecule has 3 rings (SSSR count). The number of amides is 1. The van der Waals surface area contributed by atoms with E-state index in [4.69, 9.17) is 14.0 Å². The van der Waals surface area contributed by atoms with Crippen LogP contribution >= 0.6 is 0 Å². The summed E-state index contributed by atoms with van der Waals surface area (Å²) in [6, 6.07) is 7.93. The van der Waals surface area contributed by atoms with Crippen molar-refractivity contribution in [2.45, 2.75) is 12.8 Å². The number of anilines is 1. The zero-order chi connectivity index (χ0) is 18.4. The SMILES string of the molecule is COCCNC(=O)C1CCCN(c2nc(-c3ccc(OC)cc3)no2)C1. The Kier molecular flexibility index (Phi) is 6.06. The Morgan fingerprint density at radius 2 is 2.15 bits per heavy atom. The van der Waals surface area contributed by atoms with E-state index in [9.17, 15) is 4.79 Å². The van der Waals surface area contributed by atoms with E-state index in [1.54, 1.807) is 14.2 Å². The van der Waals surface area contributed by atoms with Gasteiger partial charge in [0.05, 0.1) is 19.6 Å². The van der Waals surface area contributed by atoms with Crippen LogP contribution in [-0.4, -0.2) is 56.5 Å². The Balaban J connectivity index is 1.63. The quantitative estimate of drug-likeness (QED) is 0.752. The van der Waals surface area contributed by atoms with Crippen LogP contribution in [0.3, 0.4) is 0 Å². The molecule has 1 unspecified atom stereocenters. The fourth-order valence-corrected chi connectivity index (χ4v) is 2.99. The van der Waals surface area contributed by atoms with Crippen LogP contribution in [0.25, 0.3) is 11.4 Å². The summed E-state index contributed by atoms with van der Waals surface area (Å²) in [6.45, 7) is 2.40. The van der Waals surface area contributed by atoms with Crippen molar-refractivity contribution in [1.82, 2.24) is 15.5 Å². The van der Waals surface area contributed by atoms with Crippen LogP contribution in [0, 0.1) is 5.92 Å². The van der Waals surface area contributed by atoms with Gasteiger partial charge >= 0.3 is 6.01 Å². The lowest BCUT2D eigenvalue weighted by Crippen LogP contribution is -2.43. The molecule has 8 heteroatoms. The molecule has 0 spiro atoms. The summed E-state index contributed by atoms with van der Waals surface area (Å²) in [6.07, 6.45) is 1.76. The van der Waals surface area contributed by atoms with Crippen molar-refractivity contribution < 1.29 is 18.8 Å². The highest BCUT2D eigenvalue weighted by Crippen LogP contribution is 2.25. The molecule has 1 aliphatic heterocycles. The first-order chi connectivity index (χ1) is 12.7. The maximum atomic E-state index is 12.3. The number of nitrogens with zero attached hydrogens (tertiary/aromatic N) is 3. The number of hydrogen-bond donors (Lipinski definition) is 1. The number of piperidine rings is 1. The first-order valence-corrected chi connectivity index (χ1v) is 8.71. The number of ether oxygens (including phenoxy) is 2. The van der Waals surface area contributed by atoms with Crippen LogP contribution in [0.15, 0.2) is 28.8 Å². The van der Waals surface area contributed by atoms with Gasteiger partial charge in [-0.1, -0.05) is 5.16 Å². The van der Waals surface area contributed by atoms with Crippen molar-refractivity contribution >= 4 is 11.9 Å². The third kappa shape index (κ3) is 4.32. The van der Waals surface area contributed by atoms with Gasteiger partial charge in [-0.3, -0.25) is 4.79 Å². The maximum absolute atomic E-state index is 12.3. The van der Waals surface area contributed by atoms with Gasteiger partial charge in [0.2, 0.25) is 11.7 Å². The van der Waals surface area contributed by atoms with E-state index in [-0.39, 0.29) is 11.8 Å². The first-order valence-electron chi connectivity index (χ1n) is 8.71. The summed E-state index contributed by atoms with van der Waals surface area (Å²) < 4.78 is 15.5. The molecule has 0 bridgehead atoms. The van der Waals surface area contributed by atoms with E-state index in [1.165, 1.54) is 0 Å². The van der Waals surface area contributed by atoms with E-state index >= 15 is 0 Å². The van der Waals surface area contributed by atoms with Crippen molar-refractivity contribution in [1.29, 1.82) is 0 Å².